The highest BCUT2D eigenvalue weighted by atomic mass is 16.5. The Balaban J connectivity index is 1.48. The molecule has 0 bridgehead atoms. The van der Waals surface area contributed by atoms with Gasteiger partial charge in [0.1, 0.15) is 30.0 Å². The first kappa shape index (κ1) is 20.3. The van der Waals surface area contributed by atoms with Gasteiger partial charge in [-0.15, -0.1) is 0 Å². The van der Waals surface area contributed by atoms with Crippen LogP contribution in [0.3, 0.4) is 0 Å². The van der Waals surface area contributed by atoms with Gasteiger partial charge < -0.3 is 14.2 Å². The monoisotopic (exact) mass is 387 g/mol. The van der Waals surface area contributed by atoms with Gasteiger partial charge >= 0.3 is 0 Å². The molecule has 0 N–H and O–H groups in total. The molecule has 0 aliphatic heterocycles. The van der Waals surface area contributed by atoms with Crippen molar-refractivity contribution in [2.24, 2.45) is 0 Å². The lowest BCUT2D eigenvalue weighted by atomic mass is 10.2. The molecule has 1 heterocycles. The summed E-state index contributed by atoms with van der Waals surface area (Å²) in [5.41, 5.74) is 0.997. The molecule has 1 atom stereocenters. The number of pyridine rings is 1. The lowest BCUT2D eigenvalue weighted by Gasteiger charge is -2.15. The predicted octanol–water partition coefficient (Wildman–Crippen LogP) is 5.87. The van der Waals surface area contributed by atoms with E-state index in [0.29, 0.717) is 12.5 Å². The SMILES string of the molecule is CCCC#Cc1ccc(Oc2ccc(OCC(C)Oc3ccccn3)cc2)cc1. The molecular formula is C25H25NO3. The minimum absolute atomic E-state index is 0.111. The average Bonchev–Trinajstić information content (AvgIpc) is 2.75. The second-order valence-electron chi connectivity index (χ2n) is 6.56. The first-order chi connectivity index (χ1) is 14.2. The Labute approximate surface area is 172 Å². The zero-order valence-electron chi connectivity index (χ0n) is 16.8. The fourth-order valence-electron chi connectivity index (χ4n) is 2.51. The standard InChI is InChI=1S/C25H25NO3/c1-3-4-5-8-21-10-12-23(13-11-21)29-24-16-14-22(15-17-24)27-19-20(2)28-25-9-6-7-18-26-25/h6-7,9-18,20H,3-4,19H2,1-2H3. The molecule has 0 saturated heterocycles. The number of hydrogen-bond acceptors (Lipinski definition) is 4. The molecule has 0 spiro atoms. The molecule has 0 fully saturated rings. The molecule has 1 aromatic heterocycles. The molecule has 3 rings (SSSR count). The molecular weight excluding hydrogens is 362 g/mol. The highest BCUT2D eigenvalue weighted by molar-refractivity contribution is 5.40. The number of benzene rings is 2. The van der Waals surface area contributed by atoms with Crippen LogP contribution in [0.2, 0.25) is 0 Å². The van der Waals surface area contributed by atoms with Crippen LogP contribution in [0.1, 0.15) is 32.3 Å². The van der Waals surface area contributed by atoms with Crippen LogP contribution in [0.15, 0.2) is 72.9 Å². The third kappa shape index (κ3) is 6.90. The maximum absolute atomic E-state index is 5.88. The van der Waals surface area contributed by atoms with Crippen LogP contribution in [0.4, 0.5) is 0 Å². The van der Waals surface area contributed by atoms with E-state index in [1.165, 1.54) is 0 Å². The summed E-state index contributed by atoms with van der Waals surface area (Å²) in [4.78, 5) is 4.15. The Hall–Kier alpha value is -3.45. The Kier molecular flexibility index (Phi) is 7.54. The number of unbranched alkanes of at least 4 members (excludes halogenated alkanes) is 1. The molecule has 1 unspecified atom stereocenters. The van der Waals surface area contributed by atoms with Gasteiger partial charge in [-0.2, -0.15) is 0 Å². The van der Waals surface area contributed by atoms with Crippen LogP contribution in [0.25, 0.3) is 0 Å². The van der Waals surface area contributed by atoms with Crippen molar-refractivity contribution in [2.75, 3.05) is 6.61 Å². The van der Waals surface area contributed by atoms with E-state index in [4.69, 9.17) is 14.2 Å². The first-order valence-corrected chi connectivity index (χ1v) is 9.80. The Bertz CT molecular complexity index is 926. The fraction of sp³-hybridized carbons (Fsp3) is 0.240. The minimum atomic E-state index is -0.111. The van der Waals surface area contributed by atoms with Crippen LogP contribution in [-0.2, 0) is 0 Å². The largest absolute Gasteiger partial charge is 0.490 e. The molecule has 0 radical (unpaired) electrons. The summed E-state index contributed by atoms with van der Waals surface area (Å²) in [5, 5.41) is 0. The summed E-state index contributed by atoms with van der Waals surface area (Å²) in [6.45, 7) is 4.50. The first-order valence-electron chi connectivity index (χ1n) is 9.80. The quantitative estimate of drug-likeness (QED) is 0.453. The molecule has 0 saturated carbocycles. The molecule has 29 heavy (non-hydrogen) atoms. The maximum atomic E-state index is 5.88. The van der Waals surface area contributed by atoms with Crippen molar-refractivity contribution in [2.45, 2.75) is 32.8 Å². The lowest BCUT2D eigenvalue weighted by Crippen LogP contribution is -2.21. The van der Waals surface area contributed by atoms with Crippen molar-refractivity contribution >= 4 is 0 Å². The van der Waals surface area contributed by atoms with E-state index < -0.39 is 0 Å². The van der Waals surface area contributed by atoms with Gasteiger partial charge in [0.2, 0.25) is 5.88 Å². The van der Waals surface area contributed by atoms with Gasteiger partial charge in [0, 0.05) is 24.2 Å². The minimum Gasteiger partial charge on any atom is -0.490 e. The average molecular weight is 387 g/mol. The maximum Gasteiger partial charge on any atom is 0.213 e. The molecule has 0 amide bonds. The number of rotatable bonds is 8. The van der Waals surface area contributed by atoms with Crippen LogP contribution in [0.5, 0.6) is 23.1 Å². The summed E-state index contributed by atoms with van der Waals surface area (Å²) in [6, 6.07) is 20.9. The van der Waals surface area contributed by atoms with Crippen molar-refractivity contribution < 1.29 is 14.2 Å². The number of hydrogen-bond donors (Lipinski definition) is 0. The van der Waals surface area contributed by atoms with Gasteiger partial charge in [-0.1, -0.05) is 24.8 Å². The Morgan fingerprint density at radius 3 is 2.24 bits per heavy atom. The Morgan fingerprint density at radius 1 is 0.897 bits per heavy atom. The molecule has 4 nitrogen and oxygen atoms in total. The zero-order chi connectivity index (χ0) is 20.3. The van der Waals surface area contributed by atoms with Crippen LogP contribution >= 0.6 is 0 Å². The van der Waals surface area contributed by atoms with Gasteiger partial charge in [0.05, 0.1) is 0 Å². The van der Waals surface area contributed by atoms with E-state index in [-0.39, 0.29) is 6.10 Å². The third-order valence-corrected chi connectivity index (χ3v) is 3.97. The predicted molar refractivity (Wildman–Crippen MR) is 115 cm³/mol. The molecule has 0 aliphatic rings. The number of nitrogens with zero attached hydrogens (tertiary/aromatic N) is 1. The normalized spacial score (nSPS) is 11.1. The summed E-state index contributed by atoms with van der Waals surface area (Å²) in [7, 11) is 0. The highest BCUT2D eigenvalue weighted by Gasteiger charge is 2.06. The summed E-state index contributed by atoms with van der Waals surface area (Å²) >= 11 is 0. The molecule has 2 aromatic carbocycles. The topological polar surface area (TPSA) is 40.6 Å². The van der Waals surface area contributed by atoms with Crippen molar-refractivity contribution in [1.82, 2.24) is 4.98 Å². The van der Waals surface area contributed by atoms with E-state index in [0.717, 1.165) is 35.7 Å². The zero-order valence-corrected chi connectivity index (χ0v) is 16.8. The van der Waals surface area contributed by atoms with E-state index in [1.807, 2.05) is 73.7 Å². The van der Waals surface area contributed by atoms with Gasteiger partial charge in [0.25, 0.3) is 0 Å². The lowest BCUT2D eigenvalue weighted by molar-refractivity contribution is 0.138. The summed E-state index contributed by atoms with van der Waals surface area (Å²) in [6.07, 6.45) is 3.58. The fourth-order valence-corrected chi connectivity index (χ4v) is 2.51. The van der Waals surface area contributed by atoms with Gasteiger partial charge in [-0.05, 0) is 67.9 Å². The van der Waals surface area contributed by atoms with Crippen LogP contribution < -0.4 is 14.2 Å². The molecule has 148 valence electrons. The van der Waals surface area contributed by atoms with Crippen LogP contribution in [-0.4, -0.2) is 17.7 Å². The smallest absolute Gasteiger partial charge is 0.213 e. The summed E-state index contributed by atoms with van der Waals surface area (Å²) in [5.74, 6) is 9.17. The van der Waals surface area contributed by atoms with Gasteiger partial charge in [0.15, 0.2) is 0 Å². The van der Waals surface area contributed by atoms with Gasteiger partial charge in [-0.3, -0.25) is 0 Å². The molecule has 3 aromatic rings. The second kappa shape index (κ2) is 10.8. The van der Waals surface area contributed by atoms with E-state index in [1.54, 1.807) is 6.20 Å². The van der Waals surface area contributed by atoms with E-state index in [9.17, 15) is 0 Å². The number of ether oxygens (including phenoxy) is 3. The second-order valence-corrected chi connectivity index (χ2v) is 6.56. The van der Waals surface area contributed by atoms with Crippen molar-refractivity contribution in [3.05, 3.63) is 78.5 Å². The summed E-state index contributed by atoms with van der Waals surface area (Å²) < 4.78 is 17.4. The third-order valence-electron chi connectivity index (χ3n) is 3.97. The number of aromatic nitrogens is 1. The van der Waals surface area contributed by atoms with E-state index in [2.05, 4.69) is 23.7 Å². The Morgan fingerprint density at radius 2 is 1.59 bits per heavy atom. The van der Waals surface area contributed by atoms with E-state index >= 15 is 0 Å². The van der Waals surface area contributed by atoms with Crippen molar-refractivity contribution in [3.63, 3.8) is 0 Å². The van der Waals surface area contributed by atoms with Gasteiger partial charge in [-0.25, -0.2) is 4.98 Å². The van der Waals surface area contributed by atoms with Crippen LogP contribution in [0, 0.1) is 11.8 Å². The van der Waals surface area contributed by atoms with Crippen molar-refractivity contribution in [1.29, 1.82) is 0 Å². The molecule has 4 heteroatoms. The molecule has 0 aliphatic carbocycles. The highest BCUT2D eigenvalue weighted by Crippen LogP contribution is 2.24. The van der Waals surface area contributed by atoms with Crippen molar-refractivity contribution in [3.8, 4) is 35.0 Å².